The number of aromatic nitrogens is 3. The molecule has 4 nitrogen and oxygen atoms in total. The summed E-state index contributed by atoms with van der Waals surface area (Å²) in [4.78, 5) is 5.86. The van der Waals surface area contributed by atoms with E-state index in [1.807, 2.05) is 10.7 Å². The van der Waals surface area contributed by atoms with Gasteiger partial charge < -0.3 is 5.11 Å². The lowest BCUT2D eigenvalue weighted by molar-refractivity contribution is 0.234. The first-order chi connectivity index (χ1) is 8.36. The van der Waals surface area contributed by atoms with Crippen molar-refractivity contribution in [3.63, 3.8) is 0 Å². The fourth-order valence-electron chi connectivity index (χ4n) is 2.30. The fraction of sp³-hybridized carbons (Fsp3) is 0.500. The van der Waals surface area contributed by atoms with Crippen molar-refractivity contribution in [3.8, 4) is 0 Å². The lowest BCUT2D eigenvalue weighted by Crippen LogP contribution is -2.19. The molecule has 2 aromatic heterocycles. The van der Waals surface area contributed by atoms with E-state index < -0.39 is 0 Å². The molecule has 2 aromatic rings. The number of hydrogen-bond acceptors (Lipinski definition) is 4. The van der Waals surface area contributed by atoms with Gasteiger partial charge in [-0.3, -0.25) is 0 Å². The molecule has 1 aliphatic heterocycles. The number of nitrogens with zero attached hydrogens (tertiary/aromatic N) is 3. The monoisotopic (exact) mass is 249 g/mol. The Morgan fingerprint density at radius 3 is 3.24 bits per heavy atom. The van der Waals surface area contributed by atoms with Crippen LogP contribution in [0.2, 0.25) is 0 Å². The molecule has 1 N–H and O–H groups in total. The normalized spacial score (nSPS) is 19.2. The molecule has 0 aromatic carbocycles. The first-order valence-corrected chi connectivity index (χ1v) is 6.81. The van der Waals surface area contributed by atoms with Crippen molar-refractivity contribution in [3.05, 3.63) is 34.0 Å². The maximum atomic E-state index is 9.32. The van der Waals surface area contributed by atoms with Crippen molar-refractivity contribution in [2.45, 2.75) is 31.7 Å². The van der Waals surface area contributed by atoms with Crippen LogP contribution in [0.3, 0.4) is 0 Å². The quantitative estimate of drug-likeness (QED) is 0.902. The van der Waals surface area contributed by atoms with Crippen molar-refractivity contribution < 1.29 is 5.11 Å². The molecule has 5 heteroatoms. The van der Waals surface area contributed by atoms with Gasteiger partial charge in [0.05, 0.1) is 6.61 Å². The summed E-state index contributed by atoms with van der Waals surface area (Å²) in [6, 6.07) is 4.15. The zero-order valence-corrected chi connectivity index (χ0v) is 10.4. The maximum absolute atomic E-state index is 9.32. The molecule has 0 amide bonds. The number of fused-ring (bicyclic) bond motifs is 1. The number of rotatable bonds is 3. The SMILES string of the molecule is OCC1CCCn2nc(Cc3cccs3)nc21. The smallest absolute Gasteiger partial charge is 0.156 e. The molecule has 17 heavy (non-hydrogen) atoms. The molecule has 0 fully saturated rings. The highest BCUT2D eigenvalue weighted by Crippen LogP contribution is 2.25. The van der Waals surface area contributed by atoms with E-state index in [4.69, 9.17) is 0 Å². The molecule has 3 heterocycles. The van der Waals surface area contributed by atoms with Crippen LogP contribution in [0.25, 0.3) is 0 Å². The topological polar surface area (TPSA) is 50.9 Å². The summed E-state index contributed by atoms with van der Waals surface area (Å²) in [6.45, 7) is 1.11. The lowest BCUT2D eigenvalue weighted by Gasteiger charge is -2.19. The van der Waals surface area contributed by atoms with Crippen LogP contribution in [-0.4, -0.2) is 26.5 Å². The van der Waals surface area contributed by atoms with Gasteiger partial charge in [-0.2, -0.15) is 5.10 Å². The van der Waals surface area contributed by atoms with Gasteiger partial charge in [0, 0.05) is 23.8 Å². The minimum atomic E-state index is 0.174. The molecule has 0 bridgehead atoms. The van der Waals surface area contributed by atoms with E-state index in [1.165, 1.54) is 4.88 Å². The van der Waals surface area contributed by atoms with Gasteiger partial charge in [-0.05, 0) is 24.3 Å². The summed E-state index contributed by atoms with van der Waals surface area (Å²) < 4.78 is 1.97. The van der Waals surface area contributed by atoms with E-state index in [1.54, 1.807) is 11.3 Å². The second-order valence-electron chi connectivity index (χ2n) is 4.39. The van der Waals surface area contributed by atoms with E-state index in [9.17, 15) is 5.11 Å². The maximum Gasteiger partial charge on any atom is 0.156 e. The van der Waals surface area contributed by atoms with Gasteiger partial charge in [-0.15, -0.1) is 11.3 Å². The minimum Gasteiger partial charge on any atom is -0.396 e. The Morgan fingerprint density at radius 2 is 2.47 bits per heavy atom. The van der Waals surface area contributed by atoms with Crippen LogP contribution < -0.4 is 0 Å². The molecule has 0 saturated heterocycles. The molecular formula is C12H15N3OS. The van der Waals surface area contributed by atoms with Crippen LogP contribution >= 0.6 is 11.3 Å². The summed E-state index contributed by atoms with van der Waals surface area (Å²) in [6.07, 6.45) is 2.91. The highest BCUT2D eigenvalue weighted by atomic mass is 32.1. The molecule has 0 aliphatic carbocycles. The fourth-order valence-corrected chi connectivity index (χ4v) is 3.00. The molecule has 3 rings (SSSR count). The van der Waals surface area contributed by atoms with Crippen molar-refractivity contribution in [1.29, 1.82) is 0 Å². The summed E-state index contributed by atoms with van der Waals surface area (Å²) in [5.74, 6) is 2.02. The van der Waals surface area contributed by atoms with Crippen LogP contribution in [0.15, 0.2) is 17.5 Å². The van der Waals surface area contributed by atoms with Gasteiger partial charge in [0.2, 0.25) is 0 Å². The molecule has 1 aliphatic rings. The first-order valence-electron chi connectivity index (χ1n) is 5.93. The van der Waals surface area contributed by atoms with Gasteiger partial charge >= 0.3 is 0 Å². The minimum absolute atomic E-state index is 0.174. The zero-order valence-electron chi connectivity index (χ0n) is 9.54. The Balaban J connectivity index is 1.85. The number of hydrogen-bond donors (Lipinski definition) is 1. The van der Waals surface area contributed by atoms with Gasteiger partial charge in [-0.25, -0.2) is 9.67 Å². The second kappa shape index (κ2) is 4.58. The third-order valence-corrected chi connectivity index (χ3v) is 4.04. The van der Waals surface area contributed by atoms with Crippen molar-refractivity contribution in [2.75, 3.05) is 6.61 Å². The predicted molar refractivity (Wildman–Crippen MR) is 66.2 cm³/mol. The second-order valence-corrected chi connectivity index (χ2v) is 5.42. The van der Waals surface area contributed by atoms with Crippen molar-refractivity contribution >= 4 is 11.3 Å². The van der Waals surface area contributed by atoms with Gasteiger partial charge in [-0.1, -0.05) is 6.07 Å². The number of thiophene rings is 1. The van der Waals surface area contributed by atoms with Gasteiger partial charge in [0.25, 0.3) is 0 Å². The number of aryl methyl sites for hydroxylation is 1. The van der Waals surface area contributed by atoms with Crippen LogP contribution in [0, 0.1) is 0 Å². The standard InChI is InChI=1S/C12H15N3OS/c16-8-9-3-1-5-15-12(9)13-11(14-15)7-10-4-2-6-17-10/h2,4,6,9,16H,1,3,5,7-8H2. The third kappa shape index (κ3) is 2.12. The zero-order chi connectivity index (χ0) is 11.7. The largest absolute Gasteiger partial charge is 0.396 e. The molecule has 0 saturated carbocycles. The Kier molecular flexibility index (Phi) is 2.94. The molecule has 1 unspecified atom stereocenters. The summed E-state index contributed by atoms with van der Waals surface area (Å²) in [5.41, 5.74) is 0. The third-order valence-electron chi connectivity index (χ3n) is 3.16. The Morgan fingerprint density at radius 1 is 1.53 bits per heavy atom. The van der Waals surface area contributed by atoms with Crippen molar-refractivity contribution in [2.24, 2.45) is 0 Å². The van der Waals surface area contributed by atoms with E-state index in [-0.39, 0.29) is 12.5 Å². The Labute approximate surface area is 104 Å². The van der Waals surface area contributed by atoms with E-state index >= 15 is 0 Å². The Hall–Kier alpha value is -1.20. The molecule has 0 radical (unpaired) electrons. The van der Waals surface area contributed by atoms with E-state index in [0.29, 0.717) is 0 Å². The molecular weight excluding hydrogens is 234 g/mol. The van der Waals surface area contributed by atoms with E-state index in [2.05, 4.69) is 21.5 Å². The van der Waals surface area contributed by atoms with Crippen LogP contribution in [0.5, 0.6) is 0 Å². The average Bonchev–Trinajstić information content (AvgIpc) is 2.97. The summed E-state index contributed by atoms with van der Waals surface area (Å²) in [5, 5.41) is 15.9. The number of aliphatic hydroxyl groups is 1. The van der Waals surface area contributed by atoms with Gasteiger partial charge in [0.15, 0.2) is 5.82 Å². The lowest BCUT2D eigenvalue weighted by atomic mass is 10.0. The molecule has 1 atom stereocenters. The molecule has 0 spiro atoms. The van der Waals surface area contributed by atoms with Crippen LogP contribution in [-0.2, 0) is 13.0 Å². The van der Waals surface area contributed by atoms with Crippen LogP contribution in [0.1, 0.15) is 35.3 Å². The first kappa shape index (κ1) is 10.9. The average molecular weight is 249 g/mol. The Bertz CT molecular complexity index is 492. The summed E-state index contributed by atoms with van der Waals surface area (Å²) in [7, 11) is 0. The van der Waals surface area contributed by atoms with Crippen LogP contribution in [0.4, 0.5) is 0 Å². The van der Waals surface area contributed by atoms with Crippen molar-refractivity contribution in [1.82, 2.24) is 14.8 Å². The van der Waals surface area contributed by atoms with Gasteiger partial charge in [0.1, 0.15) is 5.82 Å². The number of aliphatic hydroxyl groups excluding tert-OH is 1. The highest BCUT2D eigenvalue weighted by molar-refractivity contribution is 7.09. The summed E-state index contributed by atoms with van der Waals surface area (Å²) >= 11 is 1.73. The highest BCUT2D eigenvalue weighted by Gasteiger charge is 2.23. The predicted octanol–water partition coefficient (Wildman–Crippen LogP) is 1.80. The van der Waals surface area contributed by atoms with E-state index in [0.717, 1.165) is 37.5 Å². The molecule has 90 valence electrons.